The van der Waals surface area contributed by atoms with E-state index < -0.39 is 34.8 Å². The summed E-state index contributed by atoms with van der Waals surface area (Å²) in [6.07, 6.45) is 0. The van der Waals surface area contributed by atoms with Crippen LogP contribution < -0.4 is 0 Å². The molecule has 0 aliphatic heterocycles. The number of aromatic hydroxyl groups is 2. The predicted molar refractivity (Wildman–Crippen MR) is 63.0 cm³/mol. The predicted octanol–water partition coefficient (Wildman–Crippen LogP) is 1.28. The zero-order valence-electron chi connectivity index (χ0n) is 9.44. The van der Waals surface area contributed by atoms with Crippen molar-refractivity contribution >= 4 is 11.9 Å². The fourth-order valence-electron chi connectivity index (χ4n) is 1.78. The van der Waals surface area contributed by atoms with Gasteiger partial charge in [0.05, 0.1) is 0 Å². The maximum absolute atomic E-state index is 11.1. The first kappa shape index (κ1) is 12.5. The maximum Gasteiger partial charge on any atom is 0.356 e. The van der Waals surface area contributed by atoms with Crippen molar-refractivity contribution in [3.63, 3.8) is 0 Å². The molecule has 1 aromatic heterocycles. The third-order valence-electron chi connectivity index (χ3n) is 2.54. The smallest absolute Gasteiger partial charge is 0.356 e. The Morgan fingerprint density at radius 3 is 1.63 bits per heavy atom. The lowest BCUT2D eigenvalue weighted by Crippen LogP contribution is -2.12. The number of aromatic carboxylic acids is 2. The number of nitrogens with zero attached hydrogens (tertiary/aromatic N) is 1. The Kier molecular flexibility index (Phi) is 2.88. The summed E-state index contributed by atoms with van der Waals surface area (Å²) in [5.74, 6) is -5.06. The van der Waals surface area contributed by atoms with E-state index in [1.54, 1.807) is 18.2 Å². The standard InChI is InChI=1S/C12H9NO6/c14-9-7(11(16)17)13(6-4-2-1-3-5-6)8(10(9)15)12(18)19/h1-5,14-15H,(H,16,17)(H,18,19). The van der Waals surface area contributed by atoms with Gasteiger partial charge in [-0.3, -0.25) is 4.57 Å². The van der Waals surface area contributed by atoms with Gasteiger partial charge in [0.2, 0.25) is 0 Å². The molecule has 0 spiro atoms. The first-order valence-electron chi connectivity index (χ1n) is 5.13. The largest absolute Gasteiger partial charge is 0.503 e. The van der Waals surface area contributed by atoms with Gasteiger partial charge in [0.25, 0.3) is 0 Å². The van der Waals surface area contributed by atoms with E-state index in [2.05, 4.69) is 0 Å². The maximum atomic E-state index is 11.1. The highest BCUT2D eigenvalue weighted by Gasteiger charge is 2.31. The molecule has 98 valence electrons. The lowest BCUT2D eigenvalue weighted by Gasteiger charge is -2.08. The fourth-order valence-corrected chi connectivity index (χ4v) is 1.78. The number of hydrogen-bond acceptors (Lipinski definition) is 4. The molecule has 19 heavy (non-hydrogen) atoms. The highest BCUT2D eigenvalue weighted by molar-refractivity contribution is 5.99. The molecule has 2 aromatic rings. The van der Waals surface area contributed by atoms with Gasteiger partial charge in [-0.25, -0.2) is 9.59 Å². The van der Waals surface area contributed by atoms with Crippen molar-refractivity contribution in [2.75, 3.05) is 0 Å². The third-order valence-corrected chi connectivity index (χ3v) is 2.54. The summed E-state index contributed by atoms with van der Waals surface area (Å²) in [4.78, 5) is 22.2. The molecule has 0 amide bonds. The van der Waals surface area contributed by atoms with Crippen LogP contribution >= 0.6 is 0 Å². The zero-order chi connectivity index (χ0) is 14.2. The van der Waals surface area contributed by atoms with E-state index in [1.165, 1.54) is 12.1 Å². The second-order valence-electron chi connectivity index (χ2n) is 3.68. The Bertz CT molecular complexity index is 621. The van der Waals surface area contributed by atoms with Crippen LogP contribution in [-0.2, 0) is 0 Å². The summed E-state index contributed by atoms with van der Waals surface area (Å²) >= 11 is 0. The fraction of sp³-hybridized carbons (Fsp3) is 0. The molecule has 1 aromatic carbocycles. The van der Waals surface area contributed by atoms with Crippen LogP contribution in [0.2, 0.25) is 0 Å². The molecule has 0 aliphatic rings. The highest BCUT2D eigenvalue weighted by atomic mass is 16.4. The van der Waals surface area contributed by atoms with Gasteiger partial charge < -0.3 is 20.4 Å². The summed E-state index contributed by atoms with van der Waals surface area (Å²) < 4.78 is 0.773. The van der Waals surface area contributed by atoms with Crippen molar-refractivity contribution in [3.8, 4) is 17.2 Å². The van der Waals surface area contributed by atoms with Gasteiger partial charge in [-0.15, -0.1) is 0 Å². The Morgan fingerprint density at radius 1 is 0.842 bits per heavy atom. The molecule has 7 heteroatoms. The molecule has 1 heterocycles. The normalized spacial score (nSPS) is 10.3. The Balaban J connectivity index is 2.88. The summed E-state index contributed by atoms with van der Waals surface area (Å²) in [5, 5.41) is 37.2. The third kappa shape index (κ3) is 1.86. The van der Waals surface area contributed by atoms with Gasteiger partial charge in [-0.05, 0) is 12.1 Å². The van der Waals surface area contributed by atoms with Crippen LogP contribution in [0, 0.1) is 0 Å². The molecule has 0 saturated heterocycles. The minimum absolute atomic E-state index is 0.202. The van der Waals surface area contributed by atoms with Gasteiger partial charge in [-0.2, -0.15) is 0 Å². The number of para-hydroxylation sites is 1. The monoisotopic (exact) mass is 263 g/mol. The molecule has 0 bridgehead atoms. The molecule has 0 saturated carbocycles. The Morgan fingerprint density at radius 2 is 1.26 bits per heavy atom. The van der Waals surface area contributed by atoms with Crippen molar-refractivity contribution in [3.05, 3.63) is 41.7 Å². The average molecular weight is 263 g/mol. The molecule has 2 rings (SSSR count). The second kappa shape index (κ2) is 4.37. The summed E-state index contributed by atoms with van der Waals surface area (Å²) in [6, 6.07) is 7.71. The van der Waals surface area contributed by atoms with Crippen LogP contribution in [0.4, 0.5) is 0 Å². The molecular weight excluding hydrogens is 254 g/mol. The summed E-state index contributed by atoms with van der Waals surface area (Å²) in [7, 11) is 0. The van der Waals surface area contributed by atoms with Gasteiger partial charge in [0.1, 0.15) is 0 Å². The van der Waals surface area contributed by atoms with Crippen molar-refractivity contribution in [2.45, 2.75) is 0 Å². The van der Waals surface area contributed by atoms with E-state index in [9.17, 15) is 19.8 Å². The molecule has 4 N–H and O–H groups in total. The topological polar surface area (TPSA) is 120 Å². The molecule has 0 aliphatic carbocycles. The van der Waals surface area contributed by atoms with Crippen LogP contribution in [0.5, 0.6) is 11.5 Å². The second-order valence-corrected chi connectivity index (χ2v) is 3.68. The van der Waals surface area contributed by atoms with Gasteiger partial charge in [0, 0.05) is 5.69 Å². The first-order valence-corrected chi connectivity index (χ1v) is 5.13. The molecule has 0 radical (unpaired) electrons. The zero-order valence-corrected chi connectivity index (χ0v) is 9.44. The Labute approximate surface area is 106 Å². The number of benzene rings is 1. The molecular formula is C12H9NO6. The van der Waals surface area contributed by atoms with Crippen molar-refractivity contribution in [1.29, 1.82) is 0 Å². The van der Waals surface area contributed by atoms with Gasteiger partial charge >= 0.3 is 11.9 Å². The van der Waals surface area contributed by atoms with Crippen LogP contribution in [-0.4, -0.2) is 36.9 Å². The number of rotatable bonds is 3. The molecule has 7 nitrogen and oxygen atoms in total. The molecule has 0 atom stereocenters. The van der Waals surface area contributed by atoms with E-state index in [0.717, 1.165) is 4.57 Å². The van der Waals surface area contributed by atoms with Gasteiger partial charge in [-0.1, -0.05) is 18.2 Å². The van der Waals surface area contributed by atoms with E-state index in [4.69, 9.17) is 10.2 Å². The van der Waals surface area contributed by atoms with Crippen LogP contribution in [0.25, 0.3) is 5.69 Å². The van der Waals surface area contributed by atoms with Crippen LogP contribution in [0.15, 0.2) is 30.3 Å². The van der Waals surface area contributed by atoms with E-state index >= 15 is 0 Å². The minimum atomic E-state index is -1.55. The van der Waals surface area contributed by atoms with Crippen molar-refractivity contribution < 1.29 is 30.0 Å². The van der Waals surface area contributed by atoms with Gasteiger partial charge in [0.15, 0.2) is 22.9 Å². The van der Waals surface area contributed by atoms with E-state index in [-0.39, 0.29) is 5.69 Å². The number of carboxylic acids is 2. The van der Waals surface area contributed by atoms with Crippen molar-refractivity contribution in [1.82, 2.24) is 4.57 Å². The quantitative estimate of drug-likeness (QED) is 0.662. The summed E-state index contributed by atoms with van der Waals surface area (Å²) in [5.41, 5.74) is -1.21. The lowest BCUT2D eigenvalue weighted by atomic mass is 10.3. The van der Waals surface area contributed by atoms with E-state index in [1.807, 2.05) is 0 Å². The molecule has 0 fully saturated rings. The average Bonchev–Trinajstić information content (AvgIpc) is 2.63. The minimum Gasteiger partial charge on any atom is -0.503 e. The lowest BCUT2D eigenvalue weighted by molar-refractivity contribution is 0.0681. The SMILES string of the molecule is O=C(O)c1c(O)c(O)c(C(=O)O)n1-c1ccccc1. The van der Waals surface area contributed by atoms with Crippen molar-refractivity contribution in [2.24, 2.45) is 0 Å². The highest BCUT2D eigenvalue weighted by Crippen LogP contribution is 2.38. The van der Waals surface area contributed by atoms with E-state index in [0.29, 0.717) is 0 Å². The first-order chi connectivity index (χ1) is 8.95. The number of carboxylic acid groups (broad SMARTS) is 2. The number of hydrogen-bond donors (Lipinski definition) is 4. The number of carbonyl (C=O) groups is 2. The van der Waals surface area contributed by atoms with Crippen LogP contribution in [0.3, 0.4) is 0 Å². The van der Waals surface area contributed by atoms with Crippen LogP contribution in [0.1, 0.15) is 21.0 Å². The number of aromatic nitrogens is 1. The Hall–Kier alpha value is -2.96. The molecule has 0 unspecified atom stereocenters. The summed E-state index contributed by atoms with van der Waals surface area (Å²) in [6.45, 7) is 0.